The second-order valence-corrected chi connectivity index (χ2v) is 2.81. The van der Waals surface area contributed by atoms with Crippen molar-refractivity contribution in [2.45, 2.75) is 20.3 Å². The molecule has 0 aliphatic rings. The lowest BCUT2D eigenvalue weighted by molar-refractivity contribution is 0.0924. The van der Waals surface area contributed by atoms with Crippen LogP contribution < -0.4 is 5.32 Å². The first-order valence-electron chi connectivity index (χ1n) is 4.24. The third-order valence-corrected chi connectivity index (χ3v) is 1.63. The van der Waals surface area contributed by atoms with E-state index in [1.807, 2.05) is 6.07 Å². The Morgan fingerprint density at radius 1 is 1.64 bits per heavy atom. The minimum atomic E-state index is -0.321. The van der Waals surface area contributed by atoms with Crippen molar-refractivity contribution >= 4 is 5.91 Å². The lowest BCUT2D eigenvalue weighted by atomic mass is 10.3. The molecule has 1 heterocycles. The van der Waals surface area contributed by atoms with Crippen molar-refractivity contribution in [2.24, 2.45) is 0 Å². The molecule has 1 aromatic heterocycles. The van der Waals surface area contributed by atoms with Gasteiger partial charge in [-0.1, -0.05) is 0 Å². The Balaban J connectivity index is 2.61. The molecule has 1 amide bonds. The lowest BCUT2D eigenvalue weighted by Gasteiger charge is -1.98. The number of nitriles is 1. The topological polar surface area (TPSA) is 78.9 Å². The number of nitrogens with one attached hydrogen (secondary N) is 1. The molecular weight excluding hydrogens is 182 g/mol. The molecule has 0 fully saturated rings. The molecule has 0 aliphatic heterocycles. The van der Waals surface area contributed by atoms with Gasteiger partial charge in [0.1, 0.15) is 0 Å². The van der Waals surface area contributed by atoms with E-state index in [2.05, 4.69) is 10.3 Å². The van der Waals surface area contributed by atoms with Crippen molar-refractivity contribution in [3.8, 4) is 6.07 Å². The highest BCUT2D eigenvalue weighted by atomic mass is 16.4. The summed E-state index contributed by atoms with van der Waals surface area (Å²) in [5.74, 6) is 0.367. The molecule has 0 saturated carbocycles. The van der Waals surface area contributed by atoms with E-state index in [1.54, 1.807) is 13.8 Å². The van der Waals surface area contributed by atoms with E-state index in [0.717, 1.165) is 0 Å². The summed E-state index contributed by atoms with van der Waals surface area (Å²) in [7, 11) is 0. The highest BCUT2D eigenvalue weighted by molar-refractivity contribution is 5.92. The molecule has 0 aromatic carbocycles. The Kier molecular flexibility index (Phi) is 3.24. The summed E-state index contributed by atoms with van der Waals surface area (Å²) in [6, 6.07) is 1.93. The first-order valence-corrected chi connectivity index (χ1v) is 4.24. The van der Waals surface area contributed by atoms with Gasteiger partial charge in [0.05, 0.1) is 18.2 Å². The number of carbonyl (C=O) groups excluding carboxylic acids is 1. The molecule has 5 nitrogen and oxygen atoms in total. The summed E-state index contributed by atoms with van der Waals surface area (Å²) in [4.78, 5) is 15.4. The van der Waals surface area contributed by atoms with Gasteiger partial charge in [-0.15, -0.1) is 0 Å². The number of aryl methyl sites for hydroxylation is 2. The predicted molar refractivity (Wildman–Crippen MR) is 48.5 cm³/mol. The zero-order valence-corrected chi connectivity index (χ0v) is 8.13. The smallest absolute Gasteiger partial charge is 0.289 e. The van der Waals surface area contributed by atoms with Gasteiger partial charge in [0.25, 0.3) is 5.91 Å². The molecule has 1 N–H and O–H groups in total. The normalized spacial score (nSPS) is 9.50. The molecular formula is C9H11N3O2. The van der Waals surface area contributed by atoms with Crippen LogP contribution in [0.4, 0.5) is 0 Å². The molecule has 0 saturated heterocycles. The first kappa shape index (κ1) is 10.3. The van der Waals surface area contributed by atoms with Gasteiger partial charge in [-0.3, -0.25) is 4.79 Å². The van der Waals surface area contributed by atoms with Gasteiger partial charge in [-0.2, -0.15) is 5.26 Å². The molecule has 0 bridgehead atoms. The Morgan fingerprint density at radius 2 is 2.36 bits per heavy atom. The standard InChI is InChI=1S/C9H11N3O2/c1-6-8(14-7(2)12-6)9(13)11-5-3-4-10/h3,5H2,1-2H3,(H,11,13). The van der Waals surface area contributed by atoms with E-state index in [4.69, 9.17) is 9.68 Å². The van der Waals surface area contributed by atoms with Gasteiger partial charge in [-0.25, -0.2) is 4.98 Å². The maximum absolute atomic E-state index is 11.4. The van der Waals surface area contributed by atoms with Crippen molar-refractivity contribution < 1.29 is 9.21 Å². The lowest BCUT2D eigenvalue weighted by Crippen LogP contribution is -2.24. The fourth-order valence-electron chi connectivity index (χ4n) is 1.05. The SMILES string of the molecule is Cc1nc(C)c(C(=O)NCCC#N)o1. The van der Waals surface area contributed by atoms with E-state index in [0.29, 0.717) is 18.1 Å². The number of aromatic nitrogens is 1. The second-order valence-electron chi connectivity index (χ2n) is 2.81. The molecule has 14 heavy (non-hydrogen) atoms. The molecule has 0 spiro atoms. The molecule has 0 unspecified atom stereocenters. The summed E-state index contributed by atoms with van der Waals surface area (Å²) in [5, 5.41) is 10.8. The summed E-state index contributed by atoms with van der Waals surface area (Å²) in [6.07, 6.45) is 0.290. The van der Waals surface area contributed by atoms with E-state index < -0.39 is 0 Å². The number of amides is 1. The molecule has 0 radical (unpaired) electrons. The van der Waals surface area contributed by atoms with Gasteiger partial charge in [0.2, 0.25) is 5.76 Å². The average Bonchev–Trinajstić information content (AvgIpc) is 2.45. The molecule has 0 aliphatic carbocycles. The quantitative estimate of drug-likeness (QED) is 0.724. The zero-order chi connectivity index (χ0) is 10.6. The van der Waals surface area contributed by atoms with Gasteiger partial charge in [0.15, 0.2) is 5.89 Å². The van der Waals surface area contributed by atoms with Crippen molar-refractivity contribution in [2.75, 3.05) is 6.54 Å². The molecule has 1 aromatic rings. The number of oxazole rings is 1. The highest BCUT2D eigenvalue weighted by Crippen LogP contribution is 2.08. The largest absolute Gasteiger partial charge is 0.436 e. The van der Waals surface area contributed by atoms with Crippen molar-refractivity contribution in [1.29, 1.82) is 5.26 Å². The van der Waals surface area contributed by atoms with Crippen LogP contribution in [0.1, 0.15) is 28.6 Å². The number of hydrogen-bond donors (Lipinski definition) is 1. The molecule has 1 rings (SSSR count). The third kappa shape index (κ3) is 2.33. The molecule has 0 atom stereocenters. The van der Waals surface area contributed by atoms with E-state index in [1.165, 1.54) is 0 Å². The Hall–Kier alpha value is -1.83. The third-order valence-electron chi connectivity index (χ3n) is 1.63. The van der Waals surface area contributed by atoms with Crippen LogP contribution in [0.15, 0.2) is 4.42 Å². The number of rotatable bonds is 3. The molecule has 5 heteroatoms. The van der Waals surface area contributed by atoms with Crippen molar-refractivity contribution in [3.63, 3.8) is 0 Å². The van der Waals surface area contributed by atoms with Crippen LogP contribution in [-0.4, -0.2) is 17.4 Å². The van der Waals surface area contributed by atoms with Crippen LogP contribution in [0.3, 0.4) is 0 Å². The number of carbonyl (C=O) groups is 1. The van der Waals surface area contributed by atoms with Crippen LogP contribution in [0, 0.1) is 25.2 Å². The summed E-state index contributed by atoms with van der Waals surface area (Å²) in [6.45, 7) is 3.71. The Bertz CT molecular complexity index is 376. The molecule has 74 valence electrons. The average molecular weight is 193 g/mol. The van der Waals surface area contributed by atoms with Gasteiger partial charge in [-0.05, 0) is 6.92 Å². The van der Waals surface area contributed by atoms with Gasteiger partial charge in [0, 0.05) is 13.5 Å². The zero-order valence-electron chi connectivity index (χ0n) is 8.13. The minimum Gasteiger partial charge on any atom is -0.436 e. The van der Waals surface area contributed by atoms with Crippen LogP contribution in [0.5, 0.6) is 0 Å². The van der Waals surface area contributed by atoms with Crippen LogP contribution in [0.25, 0.3) is 0 Å². The first-order chi connectivity index (χ1) is 6.65. The number of hydrogen-bond acceptors (Lipinski definition) is 4. The number of nitrogens with zero attached hydrogens (tertiary/aromatic N) is 2. The predicted octanol–water partition coefficient (Wildman–Crippen LogP) is 0.935. The summed E-state index contributed by atoms with van der Waals surface area (Å²) >= 11 is 0. The maximum atomic E-state index is 11.4. The summed E-state index contributed by atoms with van der Waals surface area (Å²) in [5.41, 5.74) is 0.567. The van der Waals surface area contributed by atoms with Crippen LogP contribution >= 0.6 is 0 Å². The van der Waals surface area contributed by atoms with Crippen molar-refractivity contribution in [1.82, 2.24) is 10.3 Å². The van der Waals surface area contributed by atoms with E-state index in [-0.39, 0.29) is 18.1 Å². The Labute approximate surface area is 81.7 Å². The highest BCUT2D eigenvalue weighted by Gasteiger charge is 2.14. The monoisotopic (exact) mass is 193 g/mol. The maximum Gasteiger partial charge on any atom is 0.289 e. The Morgan fingerprint density at radius 3 is 2.86 bits per heavy atom. The fraction of sp³-hybridized carbons (Fsp3) is 0.444. The minimum absolute atomic E-state index is 0.223. The van der Waals surface area contributed by atoms with E-state index in [9.17, 15) is 4.79 Å². The van der Waals surface area contributed by atoms with E-state index >= 15 is 0 Å². The van der Waals surface area contributed by atoms with Crippen LogP contribution in [-0.2, 0) is 0 Å². The van der Waals surface area contributed by atoms with Crippen molar-refractivity contribution in [3.05, 3.63) is 17.3 Å². The van der Waals surface area contributed by atoms with Crippen LogP contribution in [0.2, 0.25) is 0 Å². The fourth-order valence-corrected chi connectivity index (χ4v) is 1.05. The van der Waals surface area contributed by atoms with Gasteiger partial charge >= 0.3 is 0 Å². The second kappa shape index (κ2) is 4.42. The summed E-state index contributed by atoms with van der Waals surface area (Å²) < 4.78 is 5.10. The van der Waals surface area contributed by atoms with Gasteiger partial charge < -0.3 is 9.73 Å².